The second-order valence-electron chi connectivity index (χ2n) is 7.14. The van der Waals surface area contributed by atoms with E-state index >= 15 is 0 Å². The van der Waals surface area contributed by atoms with Crippen molar-refractivity contribution >= 4 is 11.6 Å². The van der Waals surface area contributed by atoms with Gasteiger partial charge in [0.1, 0.15) is 5.75 Å². The van der Waals surface area contributed by atoms with Crippen LogP contribution in [-0.2, 0) is 6.42 Å². The van der Waals surface area contributed by atoms with Crippen molar-refractivity contribution in [3.63, 3.8) is 0 Å². The molecule has 1 aliphatic heterocycles. The summed E-state index contributed by atoms with van der Waals surface area (Å²) in [6.07, 6.45) is 1.48. The maximum atomic E-state index is 11.3. The Bertz CT molecular complexity index is 809. The topological polar surface area (TPSA) is 98.8 Å². The van der Waals surface area contributed by atoms with Crippen molar-refractivity contribution in [1.82, 2.24) is 5.32 Å². The number of nitrogens with one attached hydrogen (secondary N) is 1. The van der Waals surface area contributed by atoms with Gasteiger partial charge in [-0.05, 0) is 49.1 Å². The number of hydrogen-bond donors (Lipinski definition) is 4. The molecule has 0 saturated carbocycles. The molecule has 1 aliphatic rings. The third-order valence-electron chi connectivity index (χ3n) is 5.03. The van der Waals surface area contributed by atoms with Crippen LogP contribution in [0.2, 0.25) is 0 Å². The number of aliphatic hydroxyl groups is 1. The second-order valence-corrected chi connectivity index (χ2v) is 7.14. The molecule has 0 fully saturated rings. The summed E-state index contributed by atoms with van der Waals surface area (Å²) in [6.45, 7) is 4.33. The molecule has 0 spiro atoms. The number of fused-ring (bicyclic) bond motifs is 1. The monoisotopic (exact) mass is 369 g/mol. The number of phenols is 1. The maximum Gasteiger partial charge on any atom is 0.252 e. The Balaban J connectivity index is 1.57. The number of hydrogen-bond acceptors (Lipinski definition) is 5. The molecule has 0 aliphatic carbocycles. The molecule has 144 valence electrons. The first-order valence-corrected chi connectivity index (χ1v) is 9.32. The standard InChI is InChI=1S/C21H27N3O3/c1-14(13-24-10-4-6-15-5-2-3-7-18(15)24)23-12-20(26)16-8-9-19(25)17(11-16)21(22)27/h2-3,5,7-9,11,14,20,23,25-26H,4,6,10,12-13H2,1H3,(H2,22,27). The zero-order valence-corrected chi connectivity index (χ0v) is 15.6. The largest absolute Gasteiger partial charge is 0.507 e. The van der Waals surface area contributed by atoms with Crippen LogP contribution in [0.15, 0.2) is 42.5 Å². The Labute approximate surface area is 159 Å². The molecule has 2 aromatic carbocycles. The number of carbonyl (C=O) groups excluding carboxylic acids is 1. The minimum atomic E-state index is -0.792. The quantitative estimate of drug-likeness (QED) is 0.598. The number of aromatic hydroxyl groups is 1. The van der Waals surface area contributed by atoms with Crippen molar-refractivity contribution in [2.24, 2.45) is 5.73 Å². The van der Waals surface area contributed by atoms with E-state index in [0.717, 1.165) is 25.9 Å². The number of primary amides is 1. The third kappa shape index (κ3) is 4.59. The molecule has 2 aromatic rings. The molecule has 27 heavy (non-hydrogen) atoms. The summed E-state index contributed by atoms with van der Waals surface area (Å²) in [7, 11) is 0. The molecule has 3 rings (SSSR count). The highest BCUT2D eigenvalue weighted by atomic mass is 16.3. The summed E-state index contributed by atoms with van der Waals surface area (Å²) < 4.78 is 0. The lowest BCUT2D eigenvalue weighted by molar-refractivity contribution is 0.0997. The molecular weight excluding hydrogens is 342 g/mol. The summed E-state index contributed by atoms with van der Waals surface area (Å²) >= 11 is 0. The van der Waals surface area contributed by atoms with E-state index in [1.165, 1.54) is 23.4 Å². The average Bonchev–Trinajstić information content (AvgIpc) is 2.66. The first kappa shape index (κ1) is 19.2. The summed E-state index contributed by atoms with van der Waals surface area (Å²) in [4.78, 5) is 13.7. The van der Waals surface area contributed by atoms with E-state index in [1.54, 1.807) is 6.07 Å². The Morgan fingerprint density at radius 2 is 2.07 bits per heavy atom. The number of amides is 1. The van der Waals surface area contributed by atoms with Gasteiger partial charge in [0.15, 0.2) is 0 Å². The third-order valence-corrected chi connectivity index (χ3v) is 5.03. The van der Waals surface area contributed by atoms with Crippen LogP contribution in [0.3, 0.4) is 0 Å². The smallest absolute Gasteiger partial charge is 0.252 e. The number of anilines is 1. The number of nitrogens with two attached hydrogens (primary N) is 1. The molecule has 6 heteroatoms. The summed E-state index contributed by atoms with van der Waals surface area (Å²) in [5, 5.41) is 23.4. The van der Waals surface area contributed by atoms with Crippen LogP contribution in [0.5, 0.6) is 5.75 Å². The van der Waals surface area contributed by atoms with Gasteiger partial charge in [0.05, 0.1) is 11.7 Å². The zero-order chi connectivity index (χ0) is 19.4. The molecule has 6 nitrogen and oxygen atoms in total. The number of para-hydroxylation sites is 1. The average molecular weight is 369 g/mol. The maximum absolute atomic E-state index is 11.3. The van der Waals surface area contributed by atoms with Crippen molar-refractivity contribution in [2.45, 2.75) is 31.9 Å². The van der Waals surface area contributed by atoms with Gasteiger partial charge in [0, 0.05) is 31.4 Å². The molecule has 0 aromatic heterocycles. The Kier molecular flexibility index (Phi) is 5.98. The van der Waals surface area contributed by atoms with Crippen LogP contribution < -0.4 is 16.0 Å². The minimum absolute atomic E-state index is 0.0181. The molecule has 2 atom stereocenters. The van der Waals surface area contributed by atoms with Crippen molar-refractivity contribution in [3.8, 4) is 5.75 Å². The van der Waals surface area contributed by atoms with Gasteiger partial charge in [-0.25, -0.2) is 0 Å². The number of benzene rings is 2. The van der Waals surface area contributed by atoms with Crippen molar-refractivity contribution in [1.29, 1.82) is 0 Å². The molecule has 0 saturated heterocycles. The Hall–Kier alpha value is -2.57. The van der Waals surface area contributed by atoms with Crippen LogP contribution in [0, 0.1) is 0 Å². The van der Waals surface area contributed by atoms with Gasteiger partial charge in [0.2, 0.25) is 0 Å². The van der Waals surface area contributed by atoms with Gasteiger partial charge in [-0.1, -0.05) is 24.3 Å². The predicted octanol–water partition coefficient (Wildman–Crippen LogP) is 1.96. The van der Waals surface area contributed by atoms with Crippen LogP contribution in [0.25, 0.3) is 0 Å². The van der Waals surface area contributed by atoms with Crippen LogP contribution >= 0.6 is 0 Å². The SMILES string of the molecule is CC(CN1CCCc2ccccc21)NCC(O)c1ccc(O)c(C(N)=O)c1. The Morgan fingerprint density at radius 3 is 2.85 bits per heavy atom. The number of carbonyl (C=O) groups is 1. The lowest BCUT2D eigenvalue weighted by atomic mass is 10.0. The van der Waals surface area contributed by atoms with E-state index in [9.17, 15) is 15.0 Å². The van der Waals surface area contributed by atoms with Gasteiger partial charge in [-0.2, -0.15) is 0 Å². The van der Waals surface area contributed by atoms with Gasteiger partial charge in [0.25, 0.3) is 5.91 Å². The number of aliphatic hydroxyl groups excluding tert-OH is 1. The van der Waals surface area contributed by atoms with Crippen molar-refractivity contribution in [3.05, 3.63) is 59.2 Å². The summed E-state index contributed by atoms with van der Waals surface area (Å²) in [5.41, 5.74) is 8.49. The predicted molar refractivity (Wildman–Crippen MR) is 106 cm³/mol. The second kappa shape index (κ2) is 8.41. The highest BCUT2D eigenvalue weighted by Gasteiger charge is 2.19. The van der Waals surface area contributed by atoms with Crippen LogP contribution in [0.1, 0.15) is 40.9 Å². The van der Waals surface area contributed by atoms with Crippen LogP contribution in [0.4, 0.5) is 5.69 Å². The number of rotatable bonds is 7. The van der Waals surface area contributed by atoms with E-state index < -0.39 is 12.0 Å². The molecule has 2 unspecified atom stereocenters. The van der Waals surface area contributed by atoms with E-state index in [1.807, 2.05) is 0 Å². The van der Waals surface area contributed by atoms with Crippen molar-refractivity contribution < 1.29 is 15.0 Å². The van der Waals surface area contributed by atoms with Gasteiger partial charge < -0.3 is 26.2 Å². The van der Waals surface area contributed by atoms with Gasteiger partial charge >= 0.3 is 0 Å². The molecule has 1 heterocycles. The molecule has 1 amide bonds. The lowest BCUT2D eigenvalue weighted by Gasteiger charge is -2.33. The number of aryl methyl sites for hydroxylation is 1. The Morgan fingerprint density at radius 1 is 1.30 bits per heavy atom. The van der Waals surface area contributed by atoms with Gasteiger partial charge in [-0.3, -0.25) is 4.79 Å². The molecule has 0 radical (unpaired) electrons. The fraction of sp³-hybridized carbons (Fsp3) is 0.381. The zero-order valence-electron chi connectivity index (χ0n) is 15.6. The van der Waals surface area contributed by atoms with Crippen LogP contribution in [-0.4, -0.2) is 41.8 Å². The molecule has 0 bridgehead atoms. The van der Waals surface area contributed by atoms with Crippen molar-refractivity contribution in [2.75, 3.05) is 24.5 Å². The molecule has 5 N–H and O–H groups in total. The van der Waals surface area contributed by atoms with E-state index in [0.29, 0.717) is 12.1 Å². The molecular formula is C21H27N3O3. The van der Waals surface area contributed by atoms with E-state index in [2.05, 4.69) is 41.4 Å². The fourth-order valence-electron chi connectivity index (χ4n) is 3.59. The first-order valence-electron chi connectivity index (χ1n) is 9.32. The highest BCUT2D eigenvalue weighted by Crippen LogP contribution is 2.27. The first-order chi connectivity index (χ1) is 13.0. The normalized spacial score (nSPS) is 15.9. The fourth-order valence-corrected chi connectivity index (χ4v) is 3.59. The minimum Gasteiger partial charge on any atom is -0.507 e. The lowest BCUT2D eigenvalue weighted by Crippen LogP contribution is -2.42. The number of nitrogens with zero attached hydrogens (tertiary/aromatic N) is 1. The van der Waals surface area contributed by atoms with Gasteiger partial charge in [-0.15, -0.1) is 0 Å². The van der Waals surface area contributed by atoms with E-state index in [4.69, 9.17) is 5.73 Å². The van der Waals surface area contributed by atoms with E-state index in [-0.39, 0.29) is 17.4 Å². The highest BCUT2D eigenvalue weighted by molar-refractivity contribution is 5.95. The summed E-state index contributed by atoms with van der Waals surface area (Å²) in [6, 6.07) is 13.1. The summed E-state index contributed by atoms with van der Waals surface area (Å²) in [5.74, 6) is -0.893.